The molecule has 5 aliphatic carbocycles. The largest absolute Gasteiger partial charge is 0.456 e. The van der Waals surface area contributed by atoms with E-state index in [2.05, 4.69) is 25.7 Å². The van der Waals surface area contributed by atoms with Crippen LogP contribution in [0.4, 0.5) is 0 Å². The fourth-order valence-corrected chi connectivity index (χ4v) is 8.39. The Hall–Kier alpha value is -1.60. The second-order valence-electron chi connectivity index (χ2n) is 11.0. The second kappa shape index (κ2) is 6.95. The highest BCUT2D eigenvalue weighted by Gasteiger charge is 2.66. The van der Waals surface area contributed by atoms with Crippen LogP contribution >= 0.6 is 0 Å². The molecule has 0 bridgehead atoms. The normalized spacial score (nSPS) is 48.6. The van der Waals surface area contributed by atoms with Crippen LogP contribution in [-0.2, 0) is 14.3 Å². The number of ketones is 1. The van der Waals surface area contributed by atoms with Crippen molar-refractivity contribution in [3.05, 3.63) is 11.6 Å². The Morgan fingerprint density at radius 2 is 1.97 bits per heavy atom. The molecule has 4 heteroatoms. The first-order valence-corrected chi connectivity index (χ1v) is 11.9. The minimum atomic E-state index is -0.545. The highest BCUT2D eigenvalue weighted by molar-refractivity contribution is 5.97. The lowest BCUT2D eigenvalue weighted by molar-refractivity contribution is -0.136. The molecule has 0 saturated heterocycles. The predicted molar refractivity (Wildman–Crippen MR) is 113 cm³/mol. The van der Waals surface area contributed by atoms with Crippen LogP contribution < -0.4 is 0 Å². The number of aliphatic hydroxyl groups excluding tert-OH is 1. The summed E-state index contributed by atoms with van der Waals surface area (Å²) < 4.78 is 4.92. The van der Waals surface area contributed by atoms with Gasteiger partial charge in [0.25, 0.3) is 0 Å². The summed E-state index contributed by atoms with van der Waals surface area (Å²) >= 11 is 0. The van der Waals surface area contributed by atoms with Gasteiger partial charge in [-0.1, -0.05) is 25.3 Å². The maximum absolute atomic E-state index is 12.7. The summed E-state index contributed by atoms with van der Waals surface area (Å²) in [6, 6.07) is 0. The Balaban J connectivity index is 1.44. The van der Waals surface area contributed by atoms with Crippen LogP contribution in [-0.4, -0.2) is 29.6 Å². The molecule has 5 rings (SSSR count). The third kappa shape index (κ3) is 2.70. The first-order chi connectivity index (χ1) is 14.3. The number of rotatable bonds is 1. The molecule has 30 heavy (non-hydrogen) atoms. The fraction of sp³-hybridized carbons (Fsp3) is 0.769. The van der Waals surface area contributed by atoms with Gasteiger partial charge in [0, 0.05) is 5.92 Å². The van der Waals surface area contributed by atoms with Crippen molar-refractivity contribution in [1.29, 1.82) is 0 Å². The molecule has 4 saturated carbocycles. The molecule has 1 unspecified atom stereocenters. The third-order valence-electron chi connectivity index (χ3n) is 9.87. The van der Waals surface area contributed by atoms with Crippen LogP contribution in [0.5, 0.6) is 0 Å². The van der Waals surface area contributed by atoms with E-state index in [1.165, 1.54) is 18.4 Å². The van der Waals surface area contributed by atoms with Crippen molar-refractivity contribution in [2.75, 3.05) is 6.61 Å². The molecule has 0 radical (unpaired) electrons. The van der Waals surface area contributed by atoms with Gasteiger partial charge in [-0.25, -0.2) is 4.79 Å². The fourth-order valence-electron chi connectivity index (χ4n) is 8.39. The molecule has 4 nitrogen and oxygen atoms in total. The van der Waals surface area contributed by atoms with Crippen molar-refractivity contribution in [3.8, 4) is 11.8 Å². The average molecular weight is 411 g/mol. The zero-order valence-electron chi connectivity index (χ0n) is 18.4. The van der Waals surface area contributed by atoms with E-state index in [1.54, 1.807) is 6.92 Å². The van der Waals surface area contributed by atoms with E-state index in [1.807, 2.05) is 6.08 Å². The summed E-state index contributed by atoms with van der Waals surface area (Å²) in [5, 5.41) is 11.1. The molecule has 0 aromatic heterocycles. The predicted octanol–water partition coefficient (Wildman–Crippen LogP) is 3.92. The number of allylic oxidation sites excluding steroid dienone is 1. The van der Waals surface area contributed by atoms with Crippen LogP contribution in [0.3, 0.4) is 0 Å². The summed E-state index contributed by atoms with van der Waals surface area (Å²) in [6.07, 6.45) is 9.24. The van der Waals surface area contributed by atoms with Gasteiger partial charge in [0.2, 0.25) is 0 Å². The quantitative estimate of drug-likeness (QED) is 0.404. The molecule has 0 aliphatic heterocycles. The number of ether oxygens (including phenoxy) is 1. The van der Waals surface area contributed by atoms with E-state index in [-0.39, 0.29) is 22.7 Å². The summed E-state index contributed by atoms with van der Waals surface area (Å²) in [4.78, 5) is 24.4. The van der Waals surface area contributed by atoms with Crippen LogP contribution in [0.1, 0.15) is 65.7 Å². The van der Waals surface area contributed by atoms with Gasteiger partial charge in [-0.15, -0.1) is 0 Å². The Kier molecular flexibility index (Phi) is 4.71. The van der Waals surface area contributed by atoms with E-state index in [4.69, 9.17) is 4.74 Å². The van der Waals surface area contributed by atoms with E-state index in [0.29, 0.717) is 42.6 Å². The topological polar surface area (TPSA) is 63.6 Å². The number of hydrogen-bond donors (Lipinski definition) is 1. The van der Waals surface area contributed by atoms with Crippen LogP contribution in [0.15, 0.2) is 11.6 Å². The van der Waals surface area contributed by atoms with Gasteiger partial charge in [0.15, 0.2) is 5.78 Å². The van der Waals surface area contributed by atoms with E-state index in [0.717, 1.165) is 25.7 Å². The van der Waals surface area contributed by atoms with Gasteiger partial charge in [0.1, 0.15) is 0 Å². The van der Waals surface area contributed by atoms with Gasteiger partial charge >= 0.3 is 5.97 Å². The summed E-state index contributed by atoms with van der Waals surface area (Å²) in [5.74, 6) is 7.56. The Morgan fingerprint density at radius 1 is 1.20 bits per heavy atom. The molecule has 9 atom stereocenters. The van der Waals surface area contributed by atoms with E-state index in [9.17, 15) is 14.7 Å². The second-order valence-corrected chi connectivity index (χ2v) is 11.0. The summed E-state index contributed by atoms with van der Waals surface area (Å²) in [6.45, 7) is 6.74. The van der Waals surface area contributed by atoms with Crippen molar-refractivity contribution < 1.29 is 19.4 Å². The number of hydrogen-bond acceptors (Lipinski definition) is 4. The van der Waals surface area contributed by atoms with Gasteiger partial charge in [-0.05, 0) is 98.4 Å². The van der Waals surface area contributed by atoms with E-state index < -0.39 is 11.9 Å². The molecular weight excluding hydrogens is 376 g/mol. The van der Waals surface area contributed by atoms with Crippen molar-refractivity contribution in [2.45, 2.75) is 71.8 Å². The Bertz CT molecular complexity index is 862. The number of aliphatic hydroxyl groups is 1. The lowest BCUT2D eigenvalue weighted by atomic mass is 9.45. The molecular formula is C26H34O4. The van der Waals surface area contributed by atoms with Crippen molar-refractivity contribution in [2.24, 2.45) is 46.3 Å². The Morgan fingerprint density at radius 3 is 2.67 bits per heavy atom. The van der Waals surface area contributed by atoms with Gasteiger partial charge < -0.3 is 9.84 Å². The first-order valence-electron chi connectivity index (χ1n) is 11.9. The molecule has 0 aromatic rings. The number of carbonyl (C=O) groups excluding carboxylic acids is 2. The molecule has 0 heterocycles. The van der Waals surface area contributed by atoms with Gasteiger partial charge in [-0.3, -0.25) is 4.79 Å². The average Bonchev–Trinajstić information content (AvgIpc) is 2.83. The SMILES string of the molecule is CCOC(=O)C#CC1C[C@@]2(C)C(=CC1=O)CC[C@H]1[C@@H]3[C@@H]4CC[C@@H]4[C@@H](O)[C@@]3(C)CC[C@@H]12. The monoisotopic (exact) mass is 410 g/mol. The van der Waals surface area contributed by atoms with E-state index >= 15 is 0 Å². The molecule has 1 N–H and O–H groups in total. The van der Waals surface area contributed by atoms with Crippen molar-refractivity contribution in [3.63, 3.8) is 0 Å². The third-order valence-corrected chi connectivity index (χ3v) is 9.87. The molecule has 162 valence electrons. The zero-order valence-corrected chi connectivity index (χ0v) is 18.4. The standard InChI is InChI=1S/C26H34O4/c1-4-30-22(28)10-5-15-14-26(3)16(13-21(15)27)6-7-19-20(26)11-12-25(2)23(19)17-8-9-18(17)24(25)29/h13,15,17-20,23-24,29H,4,6-9,11-12,14H2,1-3H3/t15?,17-,18+,19-,20+,23+,24-,25+,26+/m1/s1. The smallest absolute Gasteiger partial charge is 0.384 e. The Labute approximate surface area is 179 Å². The highest BCUT2D eigenvalue weighted by atomic mass is 16.5. The molecule has 0 aromatic carbocycles. The van der Waals surface area contributed by atoms with Crippen LogP contribution in [0.2, 0.25) is 0 Å². The number of esters is 1. The number of fused-ring (bicyclic) bond motifs is 7. The lowest BCUT2D eigenvalue weighted by Crippen LogP contribution is -2.53. The van der Waals surface area contributed by atoms with Gasteiger partial charge in [-0.2, -0.15) is 0 Å². The zero-order chi connectivity index (χ0) is 21.3. The van der Waals surface area contributed by atoms with Crippen LogP contribution in [0.25, 0.3) is 0 Å². The van der Waals surface area contributed by atoms with Gasteiger partial charge in [0.05, 0.1) is 18.6 Å². The minimum Gasteiger partial charge on any atom is -0.456 e. The maximum atomic E-state index is 12.7. The van der Waals surface area contributed by atoms with Crippen molar-refractivity contribution >= 4 is 11.8 Å². The molecule has 5 aliphatic rings. The lowest BCUT2D eigenvalue weighted by Gasteiger charge is -2.59. The minimum absolute atomic E-state index is 0.0288. The number of carbonyl (C=O) groups is 2. The molecule has 0 spiro atoms. The molecule has 0 amide bonds. The first kappa shape index (κ1) is 20.3. The van der Waals surface area contributed by atoms with Crippen molar-refractivity contribution in [1.82, 2.24) is 0 Å². The van der Waals surface area contributed by atoms with Crippen LogP contribution in [0, 0.1) is 58.2 Å². The highest BCUT2D eigenvalue weighted by Crippen LogP contribution is 2.71. The summed E-state index contributed by atoms with van der Waals surface area (Å²) in [7, 11) is 0. The molecule has 4 fully saturated rings. The maximum Gasteiger partial charge on any atom is 0.384 e. The summed E-state index contributed by atoms with van der Waals surface area (Å²) in [5.41, 5.74) is 1.34.